The molecule has 5 nitrogen and oxygen atoms in total. The van der Waals surface area contributed by atoms with Gasteiger partial charge in [0.15, 0.2) is 11.7 Å². The maximum atomic E-state index is 5.24. The normalized spacial score (nSPS) is 22.4. The van der Waals surface area contributed by atoms with Crippen molar-refractivity contribution in [3.05, 3.63) is 17.5 Å². The van der Waals surface area contributed by atoms with E-state index in [9.17, 15) is 0 Å². The molecular formula is C16H29IN4O. The van der Waals surface area contributed by atoms with E-state index in [2.05, 4.69) is 34.2 Å². The Morgan fingerprint density at radius 3 is 2.91 bits per heavy atom. The molecule has 22 heavy (non-hydrogen) atoms. The standard InChI is InChI=1S/C16H28N4O.HI/c1-5-7-16(3)8-6-9-20(12-16)15(17-4)18-11-14-10-13(2)19-21-14;/h10H,5-9,11-12H2,1-4H3,(H,17,18);1H. The Bertz CT molecular complexity index is 484. The zero-order chi connectivity index (χ0) is 15.3. The molecule has 0 amide bonds. The quantitative estimate of drug-likeness (QED) is 0.460. The lowest BCUT2D eigenvalue weighted by Crippen LogP contribution is -2.49. The Labute approximate surface area is 150 Å². The third-order valence-electron chi connectivity index (χ3n) is 4.24. The summed E-state index contributed by atoms with van der Waals surface area (Å²) in [4.78, 5) is 6.81. The van der Waals surface area contributed by atoms with E-state index in [0.29, 0.717) is 12.0 Å². The highest BCUT2D eigenvalue weighted by Gasteiger charge is 2.31. The van der Waals surface area contributed by atoms with E-state index in [1.165, 1.54) is 25.7 Å². The van der Waals surface area contributed by atoms with Gasteiger partial charge in [0, 0.05) is 26.2 Å². The molecule has 1 unspecified atom stereocenters. The van der Waals surface area contributed by atoms with Crippen LogP contribution in [0, 0.1) is 12.3 Å². The predicted octanol–water partition coefficient (Wildman–Crippen LogP) is 3.58. The van der Waals surface area contributed by atoms with Crippen LogP contribution in [0.3, 0.4) is 0 Å². The minimum absolute atomic E-state index is 0. The van der Waals surface area contributed by atoms with Crippen LogP contribution in [-0.4, -0.2) is 36.2 Å². The third-order valence-corrected chi connectivity index (χ3v) is 4.24. The Morgan fingerprint density at radius 1 is 1.55 bits per heavy atom. The minimum Gasteiger partial charge on any atom is -0.359 e. The van der Waals surface area contributed by atoms with Crippen molar-refractivity contribution in [2.24, 2.45) is 10.4 Å². The van der Waals surface area contributed by atoms with Gasteiger partial charge in [0.2, 0.25) is 0 Å². The van der Waals surface area contributed by atoms with Gasteiger partial charge in [0.1, 0.15) is 0 Å². The number of piperidine rings is 1. The van der Waals surface area contributed by atoms with Crippen molar-refractivity contribution in [3.8, 4) is 0 Å². The molecule has 0 aliphatic carbocycles. The molecule has 0 saturated carbocycles. The molecule has 1 aromatic rings. The fourth-order valence-corrected chi connectivity index (χ4v) is 3.30. The summed E-state index contributed by atoms with van der Waals surface area (Å²) in [6.45, 7) is 9.39. The van der Waals surface area contributed by atoms with E-state index >= 15 is 0 Å². The van der Waals surface area contributed by atoms with E-state index in [0.717, 1.165) is 30.5 Å². The molecule has 1 aliphatic rings. The maximum Gasteiger partial charge on any atom is 0.194 e. The summed E-state index contributed by atoms with van der Waals surface area (Å²) in [5.74, 6) is 1.81. The highest BCUT2D eigenvalue weighted by molar-refractivity contribution is 14.0. The van der Waals surface area contributed by atoms with Crippen LogP contribution in [0.15, 0.2) is 15.6 Å². The van der Waals surface area contributed by atoms with Crippen molar-refractivity contribution >= 4 is 29.9 Å². The van der Waals surface area contributed by atoms with Gasteiger partial charge in [-0.25, -0.2) is 0 Å². The number of aryl methyl sites for hydroxylation is 1. The number of rotatable bonds is 4. The van der Waals surface area contributed by atoms with Gasteiger partial charge in [-0.05, 0) is 31.6 Å². The van der Waals surface area contributed by atoms with Crippen molar-refractivity contribution in [2.45, 2.75) is 53.0 Å². The molecule has 1 aliphatic heterocycles. The topological polar surface area (TPSA) is 53.7 Å². The molecule has 0 bridgehead atoms. The van der Waals surface area contributed by atoms with Gasteiger partial charge in [0.25, 0.3) is 0 Å². The number of nitrogens with zero attached hydrogens (tertiary/aromatic N) is 3. The number of nitrogens with one attached hydrogen (secondary N) is 1. The molecule has 0 aromatic carbocycles. The number of hydrogen-bond acceptors (Lipinski definition) is 3. The van der Waals surface area contributed by atoms with Gasteiger partial charge in [-0.1, -0.05) is 25.4 Å². The predicted molar refractivity (Wildman–Crippen MR) is 101 cm³/mol. The van der Waals surface area contributed by atoms with Crippen molar-refractivity contribution in [1.82, 2.24) is 15.4 Å². The van der Waals surface area contributed by atoms with Crippen molar-refractivity contribution in [3.63, 3.8) is 0 Å². The lowest BCUT2D eigenvalue weighted by atomic mass is 9.78. The zero-order valence-electron chi connectivity index (χ0n) is 14.2. The smallest absolute Gasteiger partial charge is 0.194 e. The largest absolute Gasteiger partial charge is 0.359 e. The number of hydrogen-bond donors (Lipinski definition) is 1. The Morgan fingerprint density at radius 2 is 2.32 bits per heavy atom. The molecule has 1 saturated heterocycles. The second-order valence-corrected chi connectivity index (χ2v) is 6.42. The molecule has 1 fully saturated rings. The molecule has 126 valence electrons. The second-order valence-electron chi connectivity index (χ2n) is 6.42. The third kappa shape index (κ3) is 5.14. The van der Waals surface area contributed by atoms with E-state index in [1.54, 1.807) is 0 Å². The fourth-order valence-electron chi connectivity index (χ4n) is 3.30. The summed E-state index contributed by atoms with van der Waals surface area (Å²) < 4.78 is 5.24. The van der Waals surface area contributed by atoms with E-state index in [1.807, 2.05) is 20.0 Å². The van der Waals surface area contributed by atoms with Crippen LogP contribution < -0.4 is 5.32 Å². The first-order valence-corrected chi connectivity index (χ1v) is 7.94. The number of guanidine groups is 1. The first kappa shape index (κ1) is 19.3. The van der Waals surface area contributed by atoms with Crippen LogP contribution in [0.1, 0.15) is 51.0 Å². The van der Waals surface area contributed by atoms with E-state index in [-0.39, 0.29) is 24.0 Å². The second kappa shape index (κ2) is 8.74. The molecule has 1 aromatic heterocycles. The number of aliphatic imine (C=N–C) groups is 1. The molecule has 6 heteroatoms. The molecule has 2 heterocycles. The molecule has 1 N–H and O–H groups in total. The maximum absolute atomic E-state index is 5.24. The van der Waals surface area contributed by atoms with Gasteiger partial charge in [-0.3, -0.25) is 4.99 Å². The van der Waals surface area contributed by atoms with Crippen LogP contribution in [0.4, 0.5) is 0 Å². The molecule has 2 rings (SSSR count). The monoisotopic (exact) mass is 420 g/mol. The molecular weight excluding hydrogens is 391 g/mol. The lowest BCUT2D eigenvalue weighted by Gasteiger charge is -2.41. The highest BCUT2D eigenvalue weighted by atomic mass is 127. The summed E-state index contributed by atoms with van der Waals surface area (Å²) in [5.41, 5.74) is 1.32. The van der Waals surface area contributed by atoms with E-state index < -0.39 is 0 Å². The summed E-state index contributed by atoms with van der Waals surface area (Å²) >= 11 is 0. The van der Waals surface area contributed by atoms with Crippen LogP contribution in [0.2, 0.25) is 0 Å². The van der Waals surface area contributed by atoms with Gasteiger partial charge in [-0.15, -0.1) is 24.0 Å². The van der Waals surface area contributed by atoms with Crippen LogP contribution >= 0.6 is 24.0 Å². The summed E-state index contributed by atoms with van der Waals surface area (Å²) in [6, 6.07) is 1.96. The zero-order valence-corrected chi connectivity index (χ0v) is 16.5. The number of halogens is 1. The van der Waals surface area contributed by atoms with Gasteiger partial charge < -0.3 is 14.7 Å². The highest BCUT2D eigenvalue weighted by Crippen LogP contribution is 2.33. The first-order chi connectivity index (χ1) is 10.1. The van der Waals surface area contributed by atoms with Crippen LogP contribution in [0.5, 0.6) is 0 Å². The van der Waals surface area contributed by atoms with Crippen molar-refractivity contribution in [2.75, 3.05) is 20.1 Å². The lowest BCUT2D eigenvalue weighted by molar-refractivity contribution is 0.142. The minimum atomic E-state index is 0. The Kier molecular flexibility index (Phi) is 7.65. The average molecular weight is 420 g/mol. The summed E-state index contributed by atoms with van der Waals surface area (Å²) in [7, 11) is 1.85. The fraction of sp³-hybridized carbons (Fsp3) is 0.750. The summed E-state index contributed by atoms with van der Waals surface area (Å²) in [5, 5.41) is 7.30. The van der Waals surface area contributed by atoms with Crippen molar-refractivity contribution in [1.29, 1.82) is 0 Å². The van der Waals surface area contributed by atoms with Crippen molar-refractivity contribution < 1.29 is 4.52 Å². The van der Waals surface area contributed by atoms with Gasteiger partial charge in [-0.2, -0.15) is 0 Å². The summed E-state index contributed by atoms with van der Waals surface area (Å²) in [6.07, 6.45) is 5.07. The van der Waals surface area contributed by atoms with E-state index in [4.69, 9.17) is 4.52 Å². The SMILES string of the molecule is CCCC1(C)CCCN(C(=NC)NCc2cc(C)no2)C1.I. The average Bonchev–Trinajstić information content (AvgIpc) is 2.85. The first-order valence-electron chi connectivity index (χ1n) is 7.94. The molecule has 0 radical (unpaired) electrons. The number of aromatic nitrogens is 1. The Hall–Kier alpha value is -0.790. The van der Waals surface area contributed by atoms with Gasteiger partial charge in [0.05, 0.1) is 12.2 Å². The molecule has 0 spiro atoms. The number of likely N-dealkylation sites (tertiary alicyclic amines) is 1. The molecule has 1 atom stereocenters. The Balaban J connectivity index is 0.00000242. The van der Waals surface area contributed by atoms with Gasteiger partial charge >= 0.3 is 0 Å². The van der Waals surface area contributed by atoms with Crippen LogP contribution in [-0.2, 0) is 6.54 Å². The van der Waals surface area contributed by atoms with Crippen LogP contribution in [0.25, 0.3) is 0 Å².